The third-order valence-electron chi connectivity index (χ3n) is 7.48. The molecule has 3 aromatic carbocycles. The average Bonchev–Trinajstić information content (AvgIpc) is 2.90. The molecule has 2 bridgehead atoms. The number of rotatable bonds is 8. The fourth-order valence-electron chi connectivity index (χ4n) is 5.48. The maximum Gasteiger partial charge on any atom is 0.333 e. The Balaban J connectivity index is 0.00000320. The van der Waals surface area contributed by atoms with E-state index in [-0.39, 0.29) is 52.9 Å². The molecule has 0 saturated carbocycles. The predicted molar refractivity (Wildman–Crippen MR) is 132 cm³/mol. The number of halogens is 3. The number of quaternary nitrogens is 1. The van der Waals surface area contributed by atoms with Crippen molar-refractivity contribution in [3.63, 3.8) is 0 Å². The zero-order chi connectivity index (χ0) is 25.1. The Kier molecular flexibility index (Phi) is 8.39. The summed E-state index contributed by atoms with van der Waals surface area (Å²) in [5.41, 5.74) is 1.79. The molecule has 0 amide bonds. The summed E-state index contributed by atoms with van der Waals surface area (Å²) in [6.45, 7) is 2.33. The average molecular weight is 571 g/mol. The van der Waals surface area contributed by atoms with Crippen molar-refractivity contribution in [2.45, 2.75) is 25.0 Å². The molecule has 3 heterocycles. The third-order valence-corrected chi connectivity index (χ3v) is 7.48. The summed E-state index contributed by atoms with van der Waals surface area (Å²) in [7, 11) is 0. The molecule has 3 fully saturated rings. The number of nitrogens with one attached hydrogen (secondary N) is 1. The molecule has 6 rings (SSSR count). The molecular formula is C29H29BrF2N2O3. The van der Waals surface area contributed by atoms with Crippen molar-refractivity contribution in [1.82, 2.24) is 0 Å². The van der Waals surface area contributed by atoms with Crippen molar-refractivity contribution in [1.29, 1.82) is 0 Å². The van der Waals surface area contributed by atoms with Gasteiger partial charge in [0.15, 0.2) is 23.8 Å². The Morgan fingerprint density at radius 3 is 2.22 bits per heavy atom. The predicted octanol–water partition coefficient (Wildman–Crippen LogP) is 2.16. The van der Waals surface area contributed by atoms with Crippen LogP contribution in [0.25, 0.3) is 0 Å². The minimum Gasteiger partial charge on any atom is -1.00 e. The zero-order valence-electron chi connectivity index (χ0n) is 20.3. The van der Waals surface area contributed by atoms with Crippen LogP contribution in [0.4, 0.5) is 14.5 Å². The second-order valence-electron chi connectivity index (χ2n) is 9.85. The number of carbonyl (C=O) groups excluding carboxylic acids is 2. The van der Waals surface area contributed by atoms with Crippen LogP contribution in [0.2, 0.25) is 0 Å². The molecule has 3 aromatic rings. The molecule has 2 atom stereocenters. The van der Waals surface area contributed by atoms with Gasteiger partial charge >= 0.3 is 5.97 Å². The van der Waals surface area contributed by atoms with E-state index in [0.717, 1.165) is 49.3 Å². The lowest BCUT2D eigenvalue weighted by atomic mass is 9.82. The van der Waals surface area contributed by atoms with Gasteiger partial charge < -0.3 is 31.5 Å². The van der Waals surface area contributed by atoms with Crippen LogP contribution in [0.3, 0.4) is 0 Å². The van der Waals surface area contributed by atoms with E-state index in [1.54, 1.807) is 0 Å². The summed E-state index contributed by atoms with van der Waals surface area (Å²) in [5.74, 6) is -2.33. The highest BCUT2D eigenvalue weighted by Gasteiger charge is 2.49. The van der Waals surface area contributed by atoms with Crippen molar-refractivity contribution in [2.24, 2.45) is 5.92 Å². The number of nitrogens with zero attached hydrogens (tertiary/aromatic N) is 1. The summed E-state index contributed by atoms with van der Waals surface area (Å²) in [6.07, 6.45) is 1.40. The van der Waals surface area contributed by atoms with Crippen LogP contribution in [-0.4, -0.2) is 48.5 Å². The van der Waals surface area contributed by atoms with Gasteiger partial charge in [-0.1, -0.05) is 48.5 Å². The lowest BCUT2D eigenvalue weighted by Gasteiger charge is -2.51. The van der Waals surface area contributed by atoms with Crippen LogP contribution in [0.15, 0.2) is 78.9 Å². The van der Waals surface area contributed by atoms with Gasteiger partial charge in [0.05, 0.1) is 13.1 Å². The second-order valence-corrected chi connectivity index (χ2v) is 9.85. The molecule has 0 spiro atoms. The molecule has 0 radical (unpaired) electrons. The van der Waals surface area contributed by atoms with Gasteiger partial charge in [-0.15, -0.1) is 0 Å². The van der Waals surface area contributed by atoms with Gasteiger partial charge in [0.1, 0.15) is 13.1 Å². The molecule has 37 heavy (non-hydrogen) atoms. The lowest BCUT2D eigenvalue weighted by Crippen LogP contribution is -3.00. The molecule has 194 valence electrons. The molecule has 3 aliphatic rings. The van der Waals surface area contributed by atoms with Crippen LogP contribution in [-0.2, 0) is 9.53 Å². The van der Waals surface area contributed by atoms with Crippen molar-refractivity contribution in [3.05, 3.63) is 102 Å². The molecular weight excluding hydrogens is 542 g/mol. The molecule has 0 aliphatic carbocycles. The van der Waals surface area contributed by atoms with Gasteiger partial charge in [-0.05, 0) is 35.9 Å². The number of ether oxygens (including phenoxy) is 1. The quantitative estimate of drug-likeness (QED) is 0.256. The van der Waals surface area contributed by atoms with E-state index >= 15 is 0 Å². The van der Waals surface area contributed by atoms with Crippen molar-refractivity contribution < 1.29 is 44.6 Å². The SMILES string of the molecule is O=C(C[N+]12CCC(CC1)[C@@H](OC(=O)C(Nc1ccccc1)c1ccccc1)C2)c1ccc(F)c(F)c1.[Br-]. The Morgan fingerprint density at radius 2 is 1.57 bits per heavy atom. The number of benzene rings is 3. The smallest absolute Gasteiger partial charge is 0.333 e. The number of anilines is 1. The maximum atomic E-state index is 13.7. The van der Waals surface area contributed by atoms with Gasteiger partial charge in [0.25, 0.3) is 0 Å². The van der Waals surface area contributed by atoms with Crippen molar-refractivity contribution in [3.8, 4) is 0 Å². The minimum absolute atomic E-state index is 0. The fourth-order valence-corrected chi connectivity index (χ4v) is 5.48. The van der Waals surface area contributed by atoms with E-state index in [0.29, 0.717) is 11.0 Å². The van der Waals surface area contributed by atoms with Gasteiger partial charge in [0, 0.05) is 30.0 Å². The number of fused-ring (bicyclic) bond motifs is 3. The number of carbonyl (C=O) groups is 2. The highest BCUT2D eigenvalue weighted by molar-refractivity contribution is 5.97. The zero-order valence-corrected chi connectivity index (χ0v) is 21.9. The maximum absolute atomic E-state index is 13.7. The van der Waals surface area contributed by atoms with Gasteiger partial charge in [-0.2, -0.15) is 0 Å². The lowest BCUT2D eigenvalue weighted by molar-refractivity contribution is -0.938. The van der Waals surface area contributed by atoms with Crippen LogP contribution < -0.4 is 22.3 Å². The van der Waals surface area contributed by atoms with Gasteiger partial charge in [0.2, 0.25) is 5.78 Å². The van der Waals surface area contributed by atoms with Gasteiger partial charge in [-0.25, -0.2) is 13.6 Å². The summed E-state index contributed by atoms with van der Waals surface area (Å²) in [6, 6.07) is 21.6. The van der Waals surface area contributed by atoms with E-state index in [9.17, 15) is 18.4 Å². The number of Topliss-reactive ketones (excluding diaryl/α,β-unsaturated/α-hetero) is 1. The Bertz CT molecular complexity index is 1230. The van der Waals surface area contributed by atoms with Crippen LogP contribution in [0.1, 0.15) is 34.8 Å². The largest absolute Gasteiger partial charge is 1.00 e. The monoisotopic (exact) mass is 570 g/mol. The standard InChI is InChI=1S/C29H29F2N2O3.BrH/c30-24-12-11-22(17-25(24)31)26(34)18-33-15-13-20(14-16-33)27(19-33)36-29(35)28(21-7-3-1-4-8-21)32-23-9-5-2-6-10-23;/h1-12,17,20,27-28,32H,13-16,18-19H2;1H/q+1;/p-1/t20?,27-,28?,33?;/m0./s1. The number of ketones is 1. The highest BCUT2D eigenvalue weighted by atomic mass is 79.9. The molecule has 1 unspecified atom stereocenters. The van der Waals surface area contributed by atoms with Crippen LogP contribution in [0.5, 0.6) is 0 Å². The van der Waals surface area contributed by atoms with E-state index in [4.69, 9.17) is 4.74 Å². The first-order chi connectivity index (χ1) is 17.4. The molecule has 0 aromatic heterocycles. The van der Waals surface area contributed by atoms with E-state index in [1.807, 2.05) is 60.7 Å². The highest BCUT2D eigenvalue weighted by Crippen LogP contribution is 2.37. The van der Waals surface area contributed by atoms with Gasteiger partial charge in [-0.3, -0.25) is 4.79 Å². The van der Waals surface area contributed by atoms with E-state index < -0.39 is 17.7 Å². The number of hydrogen-bond acceptors (Lipinski definition) is 4. The Labute approximate surface area is 225 Å². The normalized spacial score (nSPS) is 23.0. The van der Waals surface area contributed by atoms with E-state index in [1.165, 1.54) is 6.07 Å². The first-order valence-electron chi connectivity index (χ1n) is 12.3. The third kappa shape index (κ3) is 6.08. The van der Waals surface area contributed by atoms with Crippen LogP contribution in [0, 0.1) is 17.6 Å². The number of para-hydroxylation sites is 1. The van der Waals surface area contributed by atoms with Crippen molar-refractivity contribution in [2.75, 3.05) is 31.5 Å². The molecule has 8 heteroatoms. The minimum atomic E-state index is -1.03. The number of esters is 1. The summed E-state index contributed by atoms with van der Waals surface area (Å²) >= 11 is 0. The Hall–Kier alpha value is -3.10. The van der Waals surface area contributed by atoms with Crippen LogP contribution >= 0.6 is 0 Å². The molecule has 1 N–H and O–H groups in total. The fraction of sp³-hybridized carbons (Fsp3) is 0.310. The molecule has 5 nitrogen and oxygen atoms in total. The first kappa shape index (κ1) is 26.9. The Morgan fingerprint density at radius 1 is 0.919 bits per heavy atom. The summed E-state index contributed by atoms with van der Waals surface area (Å²) < 4.78 is 33.6. The van der Waals surface area contributed by atoms with E-state index in [2.05, 4.69) is 5.32 Å². The second kappa shape index (κ2) is 11.5. The number of hydrogen-bond donors (Lipinski definition) is 1. The molecule has 3 aliphatic heterocycles. The summed E-state index contributed by atoms with van der Waals surface area (Å²) in [4.78, 5) is 26.4. The van der Waals surface area contributed by atoms with Crippen molar-refractivity contribution >= 4 is 17.4 Å². The molecule has 3 saturated heterocycles. The number of piperidine rings is 3. The first-order valence-corrected chi connectivity index (χ1v) is 12.3. The summed E-state index contributed by atoms with van der Waals surface area (Å²) in [5, 5.41) is 3.30. The topological polar surface area (TPSA) is 55.4 Å².